The van der Waals surface area contributed by atoms with E-state index in [1.165, 1.54) is 30.4 Å². The van der Waals surface area contributed by atoms with Crippen molar-refractivity contribution < 1.29 is 0 Å². The number of hydrogen-bond donors (Lipinski definition) is 1. The van der Waals surface area contributed by atoms with Crippen LogP contribution in [0.25, 0.3) is 0 Å². The molecular formula is C15H22ClN. The second-order valence-electron chi connectivity index (χ2n) is 5.69. The van der Waals surface area contributed by atoms with Crippen LogP contribution < -0.4 is 5.32 Å². The van der Waals surface area contributed by atoms with Crippen molar-refractivity contribution >= 4 is 11.6 Å². The molecule has 0 fully saturated rings. The van der Waals surface area contributed by atoms with Crippen LogP contribution in [0.15, 0.2) is 24.3 Å². The summed E-state index contributed by atoms with van der Waals surface area (Å²) in [5, 5.41) is 3.59. The lowest BCUT2D eigenvalue weighted by Crippen LogP contribution is -2.43. The predicted molar refractivity (Wildman–Crippen MR) is 74.9 cm³/mol. The molecule has 0 saturated heterocycles. The first-order valence-electron chi connectivity index (χ1n) is 6.51. The van der Waals surface area contributed by atoms with Gasteiger partial charge < -0.3 is 5.32 Å². The highest BCUT2D eigenvalue weighted by Crippen LogP contribution is 2.31. The van der Waals surface area contributed by atoms with Gasteiger partial charge in [0.2, 0.25) is 0 Å². The Morgan fingerprint density at radius 3 is 2.88 bits per heavy atom. The third kappa shape index (κ3) is 3.23. The lowest BCUT2D eigenvalue weighted by Gasteiger charge is -2.30. The van der Waals surface area contributed by atoms with Crippen molar-refractivity contribution in [1.29, 1.82) is 0 Å². The molecule has 1 aromatic carbocycles. The van der Waals surface area contributed by atoms with Crippen LogP contribution in [0.3, 0.4) is 0 Å². The average Bonchev–Trinajstić information content (AvgIpc) is 2.36. The molecule has 0 amide bonds. The molecule has 0 spiro atoms. The maximum atomic E-state index is 5.95. The standard InChI is InChI=1S/C15H22ClN/c1-15(2,11-16)17-10-13-8-5-7-12-6-3-4-9-14(12)13/h3-4,6,9,13,17H,5,7-8,10-11H2,1-2H3. The molecule has 0 aromatic heterocycles. The van der Waals surface area contributed by atoms with Gasteiger partial charge in [-0.15, -0.1) is 11.6 Å². The van der Waals surface area contributed by atoms with E-state index in [-0.39, 0.29) is 5.54 Å². The molecule has 0 saturated carbocycles. The summed E-state index contributed by atoms with van der Waals surface area (Å²) in [6.07, 6.45) is 3.85. The van der Waals surface area contributed by atoms with Gasteiger partial charge in [-0.05, 0) is 50.2 Å². The van der Waals surface area contributed by atoms with Crippen molar-refractivity contribution in [1.82, 2.24) is 5.32 Å². The van der Waals surface area contributed by atoms with Gasteiger partial charge in [-0.1, -0.05) is 24.3 Å². The Labute approximate surface area is 110 Å². The molecule has 1 atom stereocenters. The second-order valence-corrected chi connectivity index (χ2v) is 5.95. The van der Waals surface area contributed by atoms with Gasteiger partial charge in [0, 0.05) is 18.0 Å². The molecule has 1 aliphatic rings. The van der Waals surface area contributed by atoms with E-state index in [1.54, 1.807) is 0 Å². The Bertz CT molecular complexity index is 373. The van der Waals surface area contributed by atoms with Crippen LogP contribution >= 0.6 is 11.6 Å². The molecule has 1 N–H and O–H groups in total. The number of rotatable bonds is 4. The zero-order chi connectivity index (χ0) is 12.3. The molecule has 1 aliphatic carbocycles. The van der Waals surface area contributed by atoms with E-state index in [2.05, 4.69) is 43.4 Å². The second kappa shape index (κ2) is 5.41. The zero-order valence-electron chi connectivity index (χ0n) is 10.8. The van der Waals surface area contributed by atoms with E-state index in [1.807, 2.05) is 0 Å². The number of halogens is 1. The quantitative estimate of drug-likeness (QED) is 0.805. The van der Waals surface area contributed by atoms with E-state index in [9.17, 15) is 0 Å². The first-order valence-corrected chi connectivity index (χ1v) is 7.04. The molecule has 94 valence electrons. The van der Waals surface area contributed by atoms with Gasteiger partial charge in [0.25, 0.3) is 0 Å². The number of benzene rings is 1. The van der Waals surface area contributed by atoms with Gasteiger partial charge in [0.05, 0.1) is 0 Å². The van der Waals surface area contributed by atoms with Crippen LogP contribution in [-0.4, -0.2) is 18.0 Å². The summed E-state index contributed by atoms with van der Waals surface area (Å²) in [5.74, 6) is 1.31. The molecule has 0 heterocycles. The first-order chi connectivity index (χ1) is 8.12. The number of nitrogens with one attached hydrogen (secondary N) is 1. The molecule has 1 unspecified atom stereocenters. The Balaban J connectivity index is 2.04. The Hall–Kier alpha value is -0.530. The summed E-state index contributed by atoms with van der Waals surface area (Å²) in [4.78, 5) is 0. The van der Waals surface area contributed by atoms with Gasteiger partial charge in [-0.3, -0.25) is 0 Å². The van der Waals surface area contributed by atoms with Crippen molar-refractivity contribution in [2.24, 2.45) is 0 Å². The molecule has 17 heavy (non-hydrogen) atoms. The molecular weight excluding hydrogens is 230 g/mol. The summed E-state index contributed by atoms with van der Waals surface area (Å²) in [6, 6.07) is 8.86. The fraction of sp³-hybridized carbons (Fsp3) is 0.600. The van der Waals surface area contributed by atoms with Gasteiger partial charge >= 0.3 is 0 Å². The van der Waals surface area contributed by atoms with Crippen LogP contribution in [0.5, 0.6) is 0 Å². The number of hydrogen-bond acceptors (Lipinski definition) is 1. The van der Waals surface area contributed by atoms with Crippen molar-refractivity contribution in [2.75, 3.05) is 12.4 Å². The van der Waals surface area contributed by atoms with Gasteiger partial charge in [-0.25, -0.2) is 0 Å². The van der Waals surface area contributed by atoms with Crippen molar-refractivity contribution in [2.45, 2.75) is 44.6 Å². The van der Waals surface area contributed by atoms with Crippen molar-refractivity contribution in [3.63, 3.8) is 0 Å². The highest BCUT2D eigenvalue weighted by Gasteiger charge is 2.22. The normalized spacial score (nSPS) is 20.1. The van der Waals surface area contributed by atoms with E-state index in [0.29, 0.717) is 11.8 Å². The molecule has 0 bridgehead atoms. The topological polar surface area (TPSA) is 12.0 Å². The van der Waals surface area contributed by atoms with E-state index >= 15 is 0 Å². The van der Waals surface area contributed by atoms with Crippen molar-refractivity contribution in [3.05, 3.63) is 35.4 Å². The monoisotopic (exact) mass is 251 g/mol. The third-order valence-corrected chi connectivity index (χ3v) is 4.32. The minimum atomic E-state index is 0.0357. The highest BCUT2D eigenvalue weighted by molar-refractivity contribution is 6.18. The van der Waals surface area contributed by atoms with Crippen LogP contribution in [-0.2, 0) is 6.42 Å². The fourth-order valence-electron chi connectivity index (χ4n) is 2.51. The first kappa shape index (κ1) is 12.9. The van der Waals surface area contributed by atoms with Gasteiger partial charge in [0.1, 0.15) is 0 Å². The largest absolute Gasteiger partial charge is 0.310 e. The predicted octanol–water partition coefficient (Wildman–Crippen LogP) is 3.71. The summed E-state index contributed by atoms with van der Waals surface area (Å²) >= 11 is 5.95. The summed E-state index contributed by atoms with van der Waals surface area (Å²) in [6.45, 7) is 5.36. The fourth-order valence-corrected chi connectivity index (χ4v) is 2.61. The number of aryl methyl sites for hydroxylation is 1. The van der Waals surface area contributed by atoms with E-state index in [0.717, 1.165) is 6.54 Å². The molecule has 1 nitrogen and oxygen atoms in total. The Kier molecular flexibility index (Phi) is 4.11. The smallest absolute Gasteiger partial charge is 0.0400 e. The number of alkyl halides is 1. The van der Waals surface area contributed by atoms with Crippen LogP contribution in [0.4, 0.5) is 0 Å². The summed E-state index contributed by atoms with van der Waals surface area (Å²) in [7, 11) is 0. The summed E-state index contributed by atoms with van der Waals surface area (Å²) < 4.78 is 0. The summed E-state index contributed by atoms with van der Waals surface area (Å²) in [5.41, 5.74) is 3.11. The lowest BCUT2D eigenvalue weighted by atomic mass is 9.82. The van der Waals surface area contributed by atoms with Gasteiger partial charge in [0.15, 0.2) is 0 Å². The average molecular weight is 252 g/mol. The highest BCUT2D eigenvalue weighted by atomic mass is 35.5. The van der Waals surface area contributed by atoms with E-state index in [4.69, 9.17) is 11.6 Å². The molecule has 2 heteroatoms. The Morgan fingerprint density at radius 2 is 2.12 bits per heavy atom. The number of fused-ring (bicyclic) bond motifs is 1. The lowest BCUT2D eigenvalue weighted by molar-refractivity contribution is 0.394. The minimum Gasteiger partial charge on any atom is -0.310 e. The third-order valence-electron chi connectivity index (χ3n) is 3.65. The molecule has 2 rings (SSSR count). The van der Waals surface area contributed by atoms with Crippen molar-refractivity contribution in [3.8, 4) is 0 Å². The van der Waals surface area contributed by atoms with Crippen LogP contribution in [0, 0.1) is 0 Å². The zero-order valence-corrected chi connectivity index (χ0v) is 11.6. The molecule has 0 aliphatic heterocycles. The maximum Gasteiger partial charge on any atom is 0.0400 e. The SMILES string of the molecule is CC(C)(CCl)NCC1CCCc2ccccc21. The van der Waals surface area contributed by atoms with Crippen LogP contribution in [0.2, 0.25) is 0 Å². The van der Waals surface area contributed by atoms with Gasteiger partial charge in [-0.2, -0.15) is 0 Å². The Morgan fingerprint density at radius 1 is 1.35 bits per heavy atom. The maximum absolute atomic E-state index is 5.95. The molecule has 1 aromatic rings. The molecule has 0 radical (unpaired) electrons. The van der Waals surface area contributed by atoms with E-state index < -0.39 is 0 Å². The van der Waals surface area contributed by atoms with Crippen LogP contribution in [0.1, 0.15) is 43.7 Å². The minimum absolute atomic E-state index is 0.0357.